The normalized spacial score (nSPS) is 15.5. The molecular formula is C50H51Cl2N11O5S. The highest BCUT2D eigenvalue weighted by atomic mass is 35.5. The number of hydrogen-bond acceptors (Lipinski definition) is 9. The van der Waals surface area contributed by atoms with E-state index in [1.807, 2.05) is 63.1 Å². The van der Waals surface area contributed by atoms with Gasteiger partial charge in [-0.05, 0) is 91.9 Å². The van der Waals surface area contributed by atoms with Crippen molar-refractivity contribution in [3.63, 3.8) is 0 Å². The first-order chi connectivity index (χ1) is 33.0. The van der Waals surface area contributed by atoms with E-state index in [1.54, 1.807) is 31.6 Å². The molecule has 3 amide bonds. The molecule has 9 rings (SSSR count). The van der Waals surface area contributed by atoms with E-state index in [4.69, 9.17) is 52.0 Å². The number of carbonyl (C=O) groups excluding carboxylic acids is 2. The molecule has 0 aliphatic carbocycles. The highest BCUT2D eigenvalue weighted by Gasteiger charge is 2.31. The molecule has 3 aromatic carbocycles. The van der Waals surface area contributed by atoms with Crippen LogP contribution in [0.1, 0.15) is 48.9 Å². The summed E-state index contributed by atoms with van der Waals surface area (Å²) < 4.78 is 31.6. The molecule has 0 radical (unpaired) electrons. The molecule has 2 aliphatic rings. The topological polar surface area (TPSA) is 203 Å². The lowest BCUT2D eigenvalue weighted by Crippen LogP contribution is -2.37. The fraction of sp³-hybridized carbons (Fsp3) is 0.280. The Labute approximate surface area is 410 Å². The van der Waals surface area contributed by atoms with Gasteiger partial charge in [0.2, 0.25) is 5.91 Å². The molecule has 2 atom stereocenters. The Hall–Kier alpha value is -7.15. The number of nitrogen functional groups attached to an aromatic ring is 2. The number of nitrogens with one attached hydrogen (secondary N) is 2. The first-order valence-corrected chi connectivity index (χ1v) is 24.2. The van der Waals surface area contributed by atoms with E-state index in [9.17, 15) is 18.0 Å². The molecule has 2 unspecified atom stereocenters. The van der Waals surface area contributed by atoms with Crippen molar-refractivity contribution in [2.75, 3.05) is 44.7 Å². The van der Waals surface area contributed by atoms with Gasteiger partial charge in [0, 0.05) is 91.2 Å². The number of halogens is 2. The summed E-state index contributed by atoms with van der Waals surface area (Å²) in [6.07, 6.45) is 11.8. The van der Waals surface area contributed by atoms with E-state index in [2.05, 4.69) is 40.7 Å². The zero-order valence-electron chi connectivity index (χ0n) is 38.7. The lowest BCUT2D eigenvalue weighted by molar-refractivity contribution is -0.129. The van der Waals surface area contributed by atoms with Crippen molar-refractivity contribution in [3.8, 4) is 22.3 Å². The van der Waals surface area contributed by atoms with Gasteiger partial charge in [-0.1, -0.05) is 47.8 Å². The molecule has 2 saturated heterocycles. The van der Waals surface area contributed by atoms with Crippen LogP contribution in [-0.2, 0) is 19.1 Å². The van der Waals surface area contributed by atoms with Gasteiger partial charge >= 0.3 is 6.03 Å². The Bertz CT molecular complexity index is 3290. The minimum atomic E-state index is -3.77. The maximum atomic E-state index is 12.1. The van der Waals surface area contributed by atoms with Crippen LogP contribution < -0.4 is 16.8 Å². The average Bonchev–Trinajstić information content (AvgIpc) is 4.17. The minimum absolute atomic E-state index is 0.140. The standard InChI is InChI=1S/C22H22ClN5O.C15H11ClN4.C13H18N2O4S/c1-4-21(29)27-6-5-14(11-27)28-12-17(16-9-26-10-18(24)22(16)23)15-8-19(25-3)13(2)7-20(15)28;1-8-3-14-9(4-13(8)18-2)10(6-20-14)11-5-19-7-12(17)15(11)16;1-10-3-5-12(6-4-10)20(17,18)19-11-7-8-15(9-11)13(16)14-2/h7-10,12,14H,4-6,11,24H2,1-2H3;3-7,20H,17H2,1H3;3-6,11H,7-9H2,1-2H3,(H,14,16). The number of urea groups is 1. The molecule has 69 heavy (non-hydrogen) atoms. The van der Waals surface area contributed by atoms with Crippen molar-refractivity contribution in [1.29, 1.82) is 0 Å². The second-order valence-electron chi connectivity index (χ2n) is 16.8. The van der Waals surface area contributed by atoms with Gasteiger partial charge in [0.05, 0.1) is 70.5 Å². The molecule has 4 aromatic heterocycles. The van der Waals surface area contributed by atoms with Crippen molar-refractivity contribution in [1.82, 2.24) is 34.6 Å². The predicted molar refractivity (Wildman–Crippen MR) is 272 cm³/mol. The lowest BCUT2D eigenvalue weighted by Gasteiger charge is -2.17. The molecule has 0 saturated carbocycles. The largest absolute Gasteiger partial charge is 0.396 e. The zero-order chi connectivity index (χ0) is 49.7. The minimum Gasteiger partial charge on any atom is -0.396 e. The van der Waals surface area contributed by atoms with E-state index in [0.29, 0.717) is 58.7 Å². The molecule has 0 bridgehead atoms. The smallest absolute Gasteiger partial charge is 0.317 e. The number of carbonyl (C=O) groups is 2. The number of likely N-dealkylation sites (tertiary alicyclic amines) is 2. The number of amides is 3. The van der Waals surface area contributed by atoms with Crippen molar-refractivity contribution in [2.24, 2.45) is 0 Å². The number of hydrogen-bond donors (Lipinski definition) is 4. The molecule has 7 aromatic rings. The van der Waals surface area contributed by atoms with E-state index < -0.39 is 16.2 Å². The van der Waals surface area contributed by atoms with Crippen LogP contribution in [0.15, 0.2) is 90.6 Å². The number of nitrogens with two attached hydrogens (primary N) is 2. The molecule has 356 valence electrons. The third kappa shape index (κ3) is 10.6. The Morgan fingerprint density at radius 1 is 0.826 bits per heavy atom. The number of anilines is 2. The Balaban J connectivity index is 0.000000157. The number of aromatic amines is 1. The fourth-order valence-electron chi connectivity index (χ4n) is 8.44. The quantitative estimate of drug-likeness (QED) is 0.0885. The summed E-state index contributed by atoms with van der Waals surface area (Å²) >= 11 is 12.7. The summed E-state index contributed by atoms with van der Waals surface area (Å²) in [4.78, 5) is 45.9. The van der Waals surface area contributed by atoms with Crippen LogP contribution in [0.5, 0.6) is 0 Å². The van der Waals surface area contributed by atoms with Crippen molar-refractivity contribution in [3.05, 3.63) is 135 Å². The number of H-pyrrole nitrogens is 1. The van der Waals surface area contributed by atoms with E-state index in [0.717, 1.165) is 73.7 Å². The van der Waals surface area contributed by atoms with Crippen LogP contribution >= 0.6 is 23.2 Å². The van der Waals surface area contributed by atoms with Gasteiger partial charge in [-0.2, -0.15) is 8.42 Å². The molecular weight excluding hydrogens is 938 g/mol. The van der Waals surface area contributed by atoms with Gasteiger partial charge in [-0.15, -0.1) is 0 Å². The average molecular weight is 989 g/mol. The monoisotopic (exact) mass is 987 g/mol. The van der Waals surface area contributed by atoms with E-state index >= 15 is 0 Å². The van der Waals surface area contributed by atoms with Crippen LogP contribution in [0, 0.1) is 33.9 Å². The summed E-state index contributed by atoms with van der Waals surface area (Å²) in [5.74, 6) is 0.179. The molecule has 6 N–H and O–H groups in total. The van der Waals surface area contributed by atoms with Crippen LogP contribution in [-0.4, -0.2) is 89.0 Å². The third-order valence-electron chi connectivity index (χ3n) is 12.2. The summed E-state index contributed by atoms with van der Waals surface area (Å²) in [7, 11) is -2.23. The SMILES string of the molecule is CNC(=O)N1CCC(OS(=O)(=O)c2ccc(C)cc2)C1.[C-]#[N+]c1cc2c(-c3cncc(N)c3Cl)c[nH]c2cc1C.[C-]#[N+]c1cc2c(-c3cncc(N)c3Cl)cn(C3CCN(C(=O)CC)C3)c2cc1C. The first-order valence-electron chi connectivity index (χ1n) is 22.0. The number of aryl methyl sites for hydroxylation is 3. The van der Waals surface area contributed by atoms with Gasteiger partial charge in [-0.25, -0.2) is 14.5 Å². The van der Waals surface area contributed by atoms with Gasteiger partial charge in [0.1, 0.15) is 0 Å². The fourth-order valence-corrected chi connectivity index (χ4v) is 9.94. The number of fused-ring (bicyclic) bond motifs is 2. The highest BCUT2D eigenvalue weighted by Crippen LogP contribution is 2.42. The van der Waals surface area contributed by atoms with Crippen LogP contribution in [0.3, 0.4) is 0 Å². The molecule has 2 fully saturated rings. The van der Waals surface area contributed by atoms with Crippen molar-refractivity contribution in [2.45, 2.75) is 64.0 Å². The Morgan fingerprint density at radius 3 is 2.03 bits per heavy atom. The number of pyridine rings is 2. The highest BCUT2D eigenvalue weighted by molar-refractivity contribution is 7.86. The van der Waals surface area contributed by atoms with Crippen LogP contribution in [0.25, 0.3) is 53.7 Å². The second-order valence-corrected chi connectivity index (χ2v) is 19.1. The van der Waals surface area contributed by atoms with E-state index in [-0.39, 0.29) is 29.4 Å². The first kappa shape index (κ1) is 49.7. The molecule has 16 nitrogen and oxygen atoms in total. The van der Waals surface area contributed by atoms with Gasteiger partial charge < -0.3 is 36.1 Å². The maximum Gasteiger partial charge on any atom is 0.317 e. The molecule has 19 heteroatoms. The number of aromatic nitrogens is 4. The third-order valence-corrected chi connectivity index (χ3v) is 14.4. The Kier molecular flexibility index (Phi) is 15.1. The van der Waals surface area contributed by atoms with Crippen molar-refractivity contribution < 1.29 is 22.2 Å². The zero-order valence-corrected chi connectivity index (χ0v) is 41.0. The molecule has 6 heterocycles. The molecule has 0 spiro atoms. The van der Waals surface area contributed by atoms with Gasteiger partial charge in [0.25, 0.3) is 10.1 Å². The maximum absolute atomic E-state index is 12.1. The Morgan fingerprint density at radius 2 is 1.42 bits per heavy atom. The predicted octanol–water partition coefficient (Wildman–Crippen LogP) is 10.4. The summed E-state index contributed by atoms with van der Waals surface area (Å²) in [6, 6.07) is 14.2. The lowest BCUT2D eigenvalue weighted by atomic mass is 10.0. The van der Waals surface area contributed by atoms with Crippen LogP contribution in [0.4, 0.5) is 27.5 Å². The molecule has 2 aliphatic heterocycles. The summed E-state index contributed by atoms with van der Waals surface area (Å²) in [6.45, 7) is 24.6. The van der Waals surface area contributed by atoms with Crippen molar-refractivity contribution >= 4 is 89.8 Å². The number of nitrogens with zero attached hydrogens (tertiary/aromatic N) is 7. The van der Waals surface area contributed by atoms with Gasteiger partial charge in [0.15, 0.2) is 11.4 Å². The van der Waals surface area contributed by atoms with E-state index in [1.165, 1.54) is 29.4 Å². The van der Waals surface area contributed by atoms with Crippen LogP contribution in [0.2, 0.25) is 10.0 Å². The summed E-state index contributed by atoms with van der Waals surface area (Å²) in [5.41, 5.74) is 22.0. The second kappa shape index (κ2) is 21.0. The van der Waals surface area contributed by atoms with Gasteiger partial charge in [-0.3, -0.25) is 18.9 Å². The number of benzene rings is 3. The summed E-state index contributed by atoms with van der Waals surface area (Å²) in [5, 5.41) is 5.33. The number of rotatable bonds is 7.